The van der Waals surface area contributed by atoms with Crippen molar-refractivity contribution in [1.82, 2.24) is 5.32 Å². The molecular weight excluding hydrogens is 202 g/mol. The van der Waals surface area contributed by atoms with Crippen LogP contribution in [-0.2, 0) is 4.74 Å². The number of hydrogen-bond donors (Lipinski definition) is 1. The molecule has 0 fully saturated rings. The number of rotatable bonds is 9. The van der Waals surface area contributed by atoms with Crippen LogP contribution in [-0.4, -0.2) is 19.7 Å². The van der Waals surface area contributed by atoms with Crippen LogP contribution in [0.2, 0.25) is 0 Å². The molecule has 0 radical (unpaired) electrons. The summed E-state index contributed by atoms with van der Waals surface area (Å²) in [6.45, 7) is 5.25. The van der Waals surface area contributed by atoms with Gasteiger partial charge in [-0.1, -0.05) is 52.4 Å². The molecular formula is C13H27NO2. The zero-order valence-corrected chi connectivity index (χ0v) is 11.1. The predicted molar refractivity (Wildman–Crippen MR) is 67.6 cm³/mol. The lowest BCUT2D eigenvalue weighted by Gasteiger charge is -2.13. The van der Waals surface area contributed by atoms with E-state index in [0.29, 0.717) is 0 Å². The maximum atomic E-state index is 10.8. The van der Waals surface area contributed by atoms with Gasteiger partial charge in [0.2, 0.25) is 0 Å². The Morgan fingerprint density at radius 3 is 2.44 bits per heavy atom. The standard InChI is InChI=1S/C13H27NO2/c1-4-6-9-12(5-2)10-7-8-11-14-13(15)16-3/h12H,4-11H2,1-3H3,(H,14,15). The van der Waals surface area contributed by atoms with Crippen LogP contribution in [0.5, 0.6) is 0 Å². The molecule has 0 bridgehead atoms. The summed E-state index contributed by atoms with van der Waals surface area (Å²) in [4.78, 5) is 10.8. The Bertz CT molecular complexity index is 171. The molecule has 0 rings (SSSR count). The van der Waals surface area contributed by atoms with Crippen molar-refractivity contribution < 1.29 is 9.53 Å². The molecule has 1 unspecified atom stereocenters. The van der Waals surface area contributed by atoms with Gasteiger partial charge in [-0.3, -0.25) is 0 Å². The molecule has 0 spiro atoms. The first-order chi connectivity index (χ1) is 7.74. The lowest BCUT2D eigenvalue weighted by Crippen LogP contribution is -2.24. The van der Waals surface area contributed by atoms with E-state index in [1.165, 1.54) is 45.6 Å². The fraction of sp³-hybridized carbons (Fsp3) is 0.923. The summed E-state index contributed by atoms with van der Waals surface area (Å²) in [5.41, 5.74) is 0. The van der Waals surface area contributed by atoms with Crippen molar-refractivity contribution in [3.8, 4) is 0 Å². The van der Waals surface area contributed by atoms with Gasteiger partial charge in [-0.05, 0) is 12.3 Å². The van der Waals surface area contributed by atoms with Crippen molar-refractivity contribution in [2.75, 3.05) is 13.7 Å². The van der Waals surface area contributed by atoms with Gasteiger partial charge < -0.3 is 10.1 Å². The van der Waals surface area contributed by atoms with E-state index in [1.807, 2.05) is 0 Å². The maximum Gasteiger partial charge on any atom is 0.406 e. The summed E-state index contributed by atoms with van der Waals surface area (Å²) >= 11 is 0. The van der Waals surface area contributed by atoms with Crippen LogP contribution in [0.4, 0.5) is 4.79 Å². The molecule has 3 nitrogen and oxygen atoms in total. The van der Waals surface area contributed by atoms with Gasteiger partial charge in [0.1, 0.15) is 0 Å². The van der Waals surface area contributed by atoms with E-state index in [2.05, 4.69) is 23.9 Å². The first-order valence-electron chi connectivity index (χ1n) is 6.56. The monoisotopic (exact) mass is 229 g/mol. The van der Waals surface area contributed by atoms with Crippen LogP contribution in [0.1, 0.15) is 58.8 Å². The Balaban J connectivity index is 3.37. The number of carbonyl (C=O) groups is 1. The summed E-state index contributed by atoms with van der Waals surface area (Å²) in [5.74, 6) is 0.873. The summed E-state index contributed by atoms with van der Waals surface area (Å²) in [6, 6.07) is 0. The molecule has 0 aromatic heterocycles. The number of carbonyl (C=O) groups excluding carboxylic acids is 1. The smallest absolute Gasteiger partial charge is 0.406 e. The number of hydrogen-bond acceptors (Lipinski definition) is 2. The predicted octanol–water partition coefficient (Wildman–Crippen LogP) is 3.73. The van der Waals surface area contributed by atoms with Crippen LogP contribution in [0.15, 0.2) is 0 Å². The topological polar surface area (TPSA) is 38.3 Å². The third-order valence-corrected chi connectivity index (χ3v) is 3.04. The molecule has 0 aliphatic heterocycles. The minimum absolute atomic E-state index is 0.321. The van der Waals surface area contributed by atoms with Gasteiger partial charge >= 0.3 is 6.09 Å². The van der Waals surface area contributed by atoms with Gasteiger partial charge in [0.05, 0.1) is 7.11 Å². The van der Waals surface area contributed by atoms with E-state index in [9.17, 15) is 4.79 Å². The third kappa shape index (κ3) is 8.57. The molecule has 0 aliphatic carbocycles. The average molecular weight is 229 g/mol. The fourth-order valence-corrected chi connectivity index (χ4v) is 1.87. The Kier molecular flexibility index (Phi) is 10.3. The molecule has 1 amide bonds. The van der Waals surface area contributed by atoms with Gasteiger partial charge in [0, 0.05) is 6.54 Å². The second-order valence-corrected chi connectivity index (χ2v) is 4.33. The molecule has 16 heavy (non-hydrogen) atoms. The van der Waals surface area contributed by atoms with Gasteiger partial charge in [0.25, 0.3) is 0 Å². The van der Waals surface area contributed by atoms with Crippen LogP contribution < -0.4 is 5.32 Å². The molecule has 0 aliphatic rings. The summed E-state index contributed by atoms with van der Waals surface area (Å²) < 4.78 is 4.50. The molecule has 1 atom stereocenters. The van der Waals surface area contributed by atoms with Crippen LogP contribution >= 0.6 is 0 Å². The number of unbranched alkanes of at least 4 members (excludes halogenated alkanes) is 2. The van der Waals surface area contributed by atoms with Crippen molar-refractivity contribution in [3.05, 3.63) is 0 Å². The van der Waals surface area contributed by atoms with Crippen molar-refractivity contribution in [2.45, 2.75) is 58.8 Å². The van der Waals surface area contributed by atoms with Crippen molar-refractivity contribution in [1.29, 1.82) is 0 Å². The van der Waals surface area contributed by atoms with Gasteiger partial charge in [-0.15, -0.1) is 0 Å². The van der Waals surface area contributed by atoms with Crippen molar-refractivity contribution in [3.63, 3.8) is 0 Å². The SMILES string of the molecule is CCCCC(CC)CCCCNC(=O)OC. The van der Waals surface area contributed by atoms with Crippen molar-refractivity contribution in [2.24, 2.45) is 5.92 Å². The van der Waals surface area contributed by atoms with E-state index in [4.69, 9.17) is 0 Å². The zero-order valence-electron chi connectivity index (χ0n) is 11.1. The number of methoxy groups -OCH3 is 1. The molecule has 0 heterocycles. The highest BCUT2D eigenvalue weighted by molar-refractivity contribution is 5.66. The van der Waals surface area contributed by atoms with Gasteiger partial charge in [-0.2, -0.15) is 0 Å². The van der Waals surface area contributed by atoms with E-state index in [1.54, 1.807) is 0 Å². The molecule has 1 N–H and O–H groups in total. The average Bonchev–Trinajstić information content (AvgIpc) is 2.32. The maximum absolute atomic E-state index is 10.8. The Morgan fingerprint density at radius 2 is 1.88 bits per heavy atom. The van der Waals surface area contributed by atoms with Crippen LogP contribution in [0.25, 0.3) is 0 Å². The molecule has 0 saturated carbocycles. The molecule has 96 valence electrons. The van der Waals surface area contributed by atoms with E-state index < -0.39 is 0 Å². The second kappa shape index (κ2) is 10.8. The fourth-order valence-electron chi connectivity index (χ4n) is 1.87. The van der Waals surface area contributed by atoms with E-state index in [0.717, 1.165) is 18.9 Å². The normalized spacial score (nSPS) is 12.2. The molecule has 3 heteroatoms. The molecule has 0 aromatic carbocycles. The second-order valence-electron chi connectivity index (χ2n) is 4.33. The first kappa shape index (κ1) is 15.3. The number of nitrogens with one attached hydrogen (secondary N) is 1. The van der Waals surface area contributed by atoms with Crippen LogP contribution in [0, 0.1) is 5.92 Å². The molecule has 0 aromatic rings. The number of alkyl carbamates (subject to hydrolysis) is 1. The highest BCUT2D eigenvalue weighted by Gasteiger charge is 2.05. The number of ether oxygens (including phenoxy) is 1. The highest BCUT2D eigenvalue weighted by atomic mass is 16.5. The van der Waals surface area contributed by atoms with Crippen molar-refractivity contribution >= 4 is 6.09 Å². The minimum atomic E-state index is -0.321. The van der Waals surface area contributed by atoms with Gasteiger partial charge in [0.15, 0.2) is 0 Å². The lowest BCUT2D eigenvalue weighted by atomic mass is 9.94. The lowest BCUT2D eigenvalue weighted by molar-refractivity contribution is 0.171. The summed E-state index contributed by atoms with van der Waals surface area (Å²) in [5, 5.41) is 2.71. The van der Waals surface area contributed by atoms with E-state index >= 15 is 0 Å². The van der Waals surface area contributed by atoms with Gasteiger partial charge in [-0.25, -0.2) is 4.79 Å². The quantitative estimate of drug-likeness (QED) is 0.612. The van der Waals surface area contributed by atoms with E-state index in [-0.39, 0.29) is 6.09 Å². The summed E-state index contributed by atoms with van der Waals surface area (Å²) in [7, 11) is 1.40. The minimum Gasteiger partial charge on any atom is -0.453 e. The highest BCUT2D eigenvalue weighted by Crippen LogP contribution is 2.18. The largest absolute Gasteiger partial charge is 0.453 e. The Hall–Kier alpha value is -0.730. The molecule has 0 saturated heterocycles. The first-order valence-corrected chi connectivity index (χ1v) is 6.56. The van der Waals surface area contributed by atoms with Crippen LogP contribution in [0.3, 0.4) is 0 Å². The Morgan fingerprint density at radius 1 is 1.19 bits per heavy atom. The third-order valence-electron chi connectivity index (χ3n) is 3.04. The summed E-state index contributed by atoms with van der Waals surface area (Å²) in [6.07, 6.45) is 8.50. The zero-order chi connectivity index (χ0) is 12.2. The Labute approximate surface area is 99.9 Å². The number of amides is 1.